The molecule has 2 atom stereocenters. The predicted molar refractivity (Wildman–Crippen MR) is 84.7 cm³/mol. The van der Waals surface area contributed by atoms with Crippen LogP contribution in [0.4, 0.5) is 0 Å². The SMILES string of the molecule is C=C(C)CN1CC(C)(C2CC2)NCC1c1ccccc1. The highest BCUT2D eigenvalue weighted by molar-refractivity contribution is 5.22. The molecule has 3 rings (SSSR count). The molecule has 0 spiro atoms. The van der Waals surface area contributed by atoms with Gasteiger partial charge in [-0.15, -0.1) is 0 Å². The Bertz CT molecular complexity index is 477. The summed E-state index contributed by atoms with van der Waals surface area (Å²) in [5.74, 6) is 0.867. The van der Waals surface area contributed by atoms with Gasteiger partial charge in [0.2, 0.25) is 0 Å². The van der Waals surface area contributed by atoms with E-state index in [1.807, 2.05) is 0 Å². The second-order valence-corrected chi connectivity index (χ2v) is 6.86. The van der Waals surface area contributed by atoms with Crippen LogP contribution in [-0.4, -0.2) is 30.1 Å². The van der Waals surface area contributed by atoms with Crippen LogP contribution in [0.5, 0.6) is 0 Å². The molecule has 108 valence electrons. The van der Waals surface area contributed by atoms with Crippen LogP contribution in [0.3, 0.4) is 0 Å². The van der Waals surface area contributed by atoms with Crippen molar-refractivity contribution in [2.75, 3.05) is 19.6 Å². The Labute approximate surface area is 122 Å². The summed E-state index contributed by atoms with van der Waals surface area (Å²) in [5.41, 5.74) is 2.96. The molecule has 20 heavy (non-hydrogen) atoms. The Morgan fingerprint density at radius 1 is 1.35 bits per heavy atom. The average molecular weight is 270 g/mol. The third kappa shape index (κ3) is 2.82. The first-order valence-corrected chi connectivity index (χ1v) is 7.77. The van der Waals surface area contributed by atoms with Gasteiger partial charge >= 0.3 is 0 Å². The average Bonchev–Trinajstić information content (AvgIpc) is 3.24. The van der Waals surface area contributed by atoms with Crippen LogP contribution in [-0.2, 0) is 0 Å². The van der Waals surface area contributed by atoms with Gasteiger partial charge in [-0.3, -0.25) is 4.90 Å². The molecule has 1 aromatic carbocycles. The summed E-state index contributed by atoms with van der Waals surface area (Å²) in [6.07, 6.45) is 2.78. The summed E-state index contributed by atoms with van der Waals surface area (Å²) in [5, 5.41) is 3.84. The van der Waals surface area contributed by atoms with Gasteiger partial charge in [-0.1, -0.05) is 42.5 Å². The number of nitrogens with zero attached hydrogens (tertiary/aromatic N) is 1. The Morgan fingerprint density at radius 2 is 2.05 bits per heavy atom. The molecule has 1 aromatic rings. The van der Waals surface area contributed by atoms with E-state index in [2.05, 4.69) is 61.0 Å². The second-order valence-electron chi connectivity index (χ2n) is 6.86. The number of benzene rings is 1. The van der Waals surface area contributed by atoms with E-state index in [-0.39, 0.29) is 0 Å². The summed E-state index contributed by atoms with van der Waals surface area (Å²) in [6, 6.07) is 11.3. The van der Waals surface area contributed by atoms with Gasteiger partial charge in [-0.2, -0.15) is 0 Å². The summed E-state index contributed by atoms with van der Waals surface area (Å²) < 4.78 is 0. The van der Waals surface area contributed by atoms with E-state index >= 15 is 0 Å². The molecule has 1 N–H and O–H groups in total. The highest BCUT2D eigenvalue weighted by atomic mass is 15.3. The van der Waals surface area contributed by atoms with Gasteiger partial charge in [0.1, 0.15) is 0 Å². The van der Waals surface area contributed by atoms with Gasteiger partial charge < -0.3 is 5.32 Å². The quantitative estimate of drug-likeness (QED) is 0.844. The molecule has 2 heteroatoms. The van der Waals surface area contributed by atoms with Crippen molar-refractivity contribution in [3.05, 3.63) is 48.0 Å². The topological polar surface area (TPSA) is 15.3 Å². The second kappa shape index (κ2) is 5.34. The Balaban J connectivity index is 1.81. The molecule has 1 heterocycles. The van der Waals surface area contributed by atoms with Crippen molar-refractivity contribution < 1.29 is 0 Å². The van der Waals surface area contributed by atoms with E-state index in [4.69, 9.17) is 0 Å². The molecule has 0 amide bonds. The zero-order chi connectivity index (χ0) is 14.2. The number of nitrogens with one attached hydrogen (secondary N) is 1. The van der Waals surface area contributed by atoms with E-state index in [1.54, 1.807) is 0 Å². The van der Waals surface area contributed by atoms with E-state index in [0.29, 0.717) is 11.6 Å². The molecule has 0 radical (unpaired) electrons. The highest BCUT2D eigenvalue weighted by Gasteiger charge is 2.46. The lowest BCUT2D eigenvalue weighted by Crippen LogP contribution is -2.61. The number of hydrogen-bond donors (Lipinski definition) is 1. The fourth-order valence-corrected chi connectivity index (χ4v) is 3.56. The Kier molecular flexibility index (Phi) is 3.70. The van der Waals surface area contributed by atoms with Crippen LogP contribution >= 0.6 is 0 Å². The maximum atomic E-state index is 4.12. The van der Waals surface area contributed by atoms with Gasteiger partial charge in [0.25, 0.3) is 0 Å². The van der Waals surface area contributed by atoms with Crippen molar-refractivity contribution in [2.24, 2.45) is 5.92 Å². The van der Waals surface area contributed by atoms with E-state index in [1.165, 1.54) is 24.0 Å². The highest BCUT2D eigenvalue weighted by Crippen LogP contribution is 2.43. The van der Waals surface area contributed by atoms with Crippen LogP contribution in [0, 0.1) is 5.92 Å². The normalized spacial score (nSPS) is 31.2. The molecule has 1 saturated carbocycles. The van der Waals surface area contributed by atoms with Crippen LogP contribution in [0.25, 0.3) is 0 Å². The van der Waals surface area contributed by atoms with E-state index in [9.17, 15) is 0 Å². The van der Waals surface area contributed by atoms with Crippen LogP contribution in [0.1, 0.15) is 38.3 Å². The molecule has 0 aromatic heterocycles. The third-order valence-electron chi connectivity index (χ3n) is 4.81. The Hall–Kier alpha value is -1.12. The third-order valence-corrected chi connectivity index (χ3v) is 4.81. The summed E-state index contributed by atoms with van der Waals surface area (Å²) in [7, 11) is 0. The lowest BCUT2D eigenvalue weighted by molar-refractivity contribution is 0.0832. The molecule has 2 fully saturated rings. The monoisotopic (exact) mass is 270 g/mol. The molecule has 1 aliphatic heterocycles. The largest absolute Gasteiger partial charge is 0.308 e. The Morgan fingerprint density at radius 3 is 2.65 bits per heavy atom. The fraction of sp³-hybridized carbons (Fsp3) is 0.556. The lowest BCUT2D eigenvalue weighted by atomic mass is 9.89. The maximum absolute atomic E-state index is 4.12. The first-order chi connectivity index (χ1) is 9.58. The minimum absolute atomic E-state index is 0.292. The van der Waals surface area contributed by atoms with Crippen molar-refractivity contribution in [1.82, 2.24) is 10.2 Å². The summed E-state index contributed by atoms with van der Waals surface area (Å²) in [4.78, 5) is 2.62. The predicted octanol–water partition coefficient (Wildman–Crippen LogP) is 3.38. The summed E-state index contributed by atoms with van der Waals surface area (Å²) in [6.45, 7) is 11.8. The van der Waals surface area contributed by atoms with Crippen molar-refractivity contribution in [3.63, 3.8) is 0 Å². The zero-order valence-electron chi connectivity index (χ0n) is 12.7. The van der Waals surface area contributed by atoms with Gasteiger partial charge in [0.05, 0.1) is 0 Å². The molecular weight excluding hydrogens is 244 g/mol. The zero-order valence-corrected chi connectivity index (χ0v) is 12.7. The van der Waals surface area contributed by atoms with Crippen LogP contribution in [0.15, 0.2) is 42.5 Å². The minimum Gasteiger partial charge on any atom is -0.308 e. The molecule has 1 aliphatic carbocycles. The lowest BCUT2D eigenvalue weighted by Gasteiger charge is -2.47. The molecule has 2 unspecified atom stereocenters. The number of rotatable bonds is 4. The molecule has 2 aliphatic rings. The van der Waals surface area contributed by atoms with Crippen molar-refractivity contribution in [1.29, 1.82) is 0 Å². The molecular formula is C18H26N2. The van der Waals surface area contributed by atoms with Crippen molar-refractivity contribution >= 4 is 0 Å². The van der Waals surface area contributed by atoms with Gasteiger partial charge in [-0.25, -0.2) is 0 Å². The first kappa shape index (κ1) is 13.8. The number of piperazine rings is 1. The smallest absolute Gasteiger partial charge is 0.0477 e. The fourth-order valence-electron chi connectivity index (χ4n) is 3.56. The van der Waals surface area contributed by atoms with Gasteiger partial charge in [-0.05, 0) is 38.2 Å². The van der Waals surface area contributed by atoms with Gasteiger partial charge in [0.15, 0.2) is 0 Å². The van der Waals surface area contributed by atoms with Gasteiger partial charge in [0, 0.05) is 31.2 Å². The first-order valence-electron chi connectivity index (χ1n) is 7.77. The molecule has 0 bridgehead atoms. The van der Waals surface area contributed by atoms with E-state index < -0.39 is 0 Å². The van der Waals surface area contributed by atoms with Crippen LogP contribution < -0.4 is 5.32 Å². The molecule has 2 nitrogen and oxygen atoms in total. The standard InChI is InChI=1S/C18H26N2/c1-14(2)12-20-13-18(3,16-9-10-16)19-11-17(20)15-7-5-4-6-8-15/h4-8,16-17,19H,1,9-13H2,2-3H3. The van der Waals surface area contributed by atoms with Crippen molar-refractivity contribution in [2.45, 2.75) is 38.3 Å². The van der Waals surface area contributed by atoms with E-state index in [0.717, 1.165) is 25.6 Å². The van der Waals surface area contributed by atoms with Crippen molar-refractivity contribution in [3.8, 4) is 0 Å². The minimum atomic E-state index is 0.292. The number of hydrogen-bond acceptors (Lipinski definition) is 2. The maximum Gasteiger partial charge on any atom is 0.0477 e. The summed E-state index contributed by atoms with van der Waals surface area (Å²) >= 11 is 0. The molecule has 1 saturated heterocycles. The van der Waals surface area contributed by atoms with Crippen LogP contribution in [0.2, 0.25) is 0 Å².